The van der Waals surface area contributed by atoms with E-state index in [2.05, 4.69) is 10.3 Å². The minimum Gasteiger partial charge on any atom is -0.497 e. The number of rotatable bonds is 7. The second-order valence-electron chi connectivity index (χ2n) is 10.8. The number of methoxy groups -OCH3 is 2. The molecule has 0 spiro atoms. The van der Waals surface area contributed by atoms with Crippen molar-refractivity contribution < 1.29 is 14.3 Å². The number of aromatic nitrogens is 2. The normalized spacial score (nSPS) is 14.6. The van der Waals surface area contributed by atoms with Crippen LogP contribution in [-0.4, -0.2) is 29.7 Å². The summed E-state index contributed by atoms with van der Waals surface area (Å²) in [5.74, 6) is 1.06. The van der Waals surface area contributed by atoms with Crippen LogP contribution in [-0.2, 0) is 4.79 Å². The molecule has 7 rings (SSSR count). The second-order valence-corrected chi connectivity index (χ2v) is 11.8. The first kappa shape index (κ1) is 29.1. The summed E-state index contributed by atoms with van der Waals surface area (Å²) >= 11 is 1.30. The molecule has 0 unspecified atom stereocenters. The highest BCUT2D eigenvalue weighted by Crippen LogP contribution is 2.36. The van der Waals surface area contributed by atoms with Crippen LogP contribution in [0.15, 0.2) is 124 Å². The number of thiazole rings is 1. The van der Waals surface area contributed by atoms with E-state index in [1.165, 1.54) is 11.3 Å². The molecule has 0 radical (unpaired) electrons. The number of carbonyl (C=O) groups is 1. The Bertz CT molecular complexity index is 2300. The van der Waals surface area contributed by atoms with Gasteiger partial charge in [-0.1, -0.05) is 84.1 Å². The highest BCUT2D eigenvalue weighted by atomic mass is 32.1. The lowest BCUT2D eigenvalue weighted by Gasteiger charge is -2.25. The Morgan fingerprint density at radius 3 is 2.33 bits per heavy atom. The molecule has 1 amide bonds. The molecule has 9 heteroatoms. The predicted octanol–water partition coefficient (Wildman–Crippen LogP) is 6.04. The Labute approximate surface area is 268 Å². The zero-order valence-corrected chi connectivity index (χ0v) is 26.2. The maximum absolute atomic E-state index is 14.5. The van der Waals surface area contributed by atoms with Gasteiger partial charge in [-0.3, -0.25) is 14.2 Å². The molecular weight excluding hydrogens is 596 g/mol. The third-order valence-corrected chi connectivity index (χ3v) is 9.11. The zero-order chi connectivity index (χ0) is 31.8. The van der Waals surface area contributed by atoms with E-state index in [1.54, 1.807) is 18.8 Å². The van der Waals surface area contributed by atoms with Gasteiger partial charge in [0, 0.05) is 16.6 Å². The van der Waals surface area contributed by atoms with Crippen molar-refractivity contribution in [2.75, 3.05) is 19.5 Å². The number of ether oxygens (including phenoxy) is 2. The maximum atomic E-state index is 14.5. The predicted molar refractivity (Wildman–Crippen MR) is 182 cm³/mol. The first-order chi connectivity index (χ1) is 22.5. The van der Waals surface area contributed by atoms with Gasteiger partial charge in [0.15, 0.2) is 4.80 Å². The average Bonchev–Trinajstić information content (AvgIpc) is 3.61. The van der Waals surface area contributed by atoms with Crippen molar-refractivity contribution in [1.29, 1.82) is 0 Å². The van der Waals surface area contributed by atoms with Crippen molar-refractivity contribution in [3.05, 3.63) is 145 Å². The molecule has 4 aromatic carbocycles. The molecule has 2 aromatic heterocycles. The van der Waals surface area contributed by atoms with Crippen LogP contribution in [0.4, 0.5) is 5.69 Å². The molecule has 0 fully saturated rings. The van der Waals surface area contributed by atoms with Crippen LogP contribution in [0.3, 0.4) is 0 Å². The summed E-state index contributed by atoms with van der Waals surface area (Å²) in [4.78, 5) is 37.2. The second kappa shape index (κ2) is 12.0. The molecule has 1 atom stereocenters. The lowest BCUT2D eigenvalue weighted by atomic mass is 9.95. The molecule has 2 N–H and O–H groups in total. The maximum Gasteiger partial charge on any atom is 0.271 e. The highest BCUT2D eigenvalue weighted by molar-refractivity contribution is 7.07. The Kier molecular flexibility index (Phi) is 7.60. The van der Waals surface area contributed by atoms with E-state index in [0.717, 1.165) is 33.3 Å². The number of para-hydroxylation sites is 2. The number of fused-ring (bicyclic) bond motifs is 2. The molecule has 1 aliphatic rings. The standard InChI is InChI=1S/C37H30N4O4S/c1-22-31(35(42)39-25-13-8-5-9-14-25)34(24-17-19-26(44-2)20-18-24)41-36(43)30(46-37(41)38-22)21-28-27-15-10-16-29(45-3)33(27)40-32(28)23-11-6-4-7-12-23/h4-21,34,40H,1-3H3,(H,39,42)/b30-21+/t34-/m1/s1. The quantitative estimate of drug-likeness (QED) is 0.226. The molecule has 1 aliphatic heterocycles. The number of aromatic amines is 1. The van der Waals surface area contributed by atoms with Crippen molar-refractivity contribution in [2.24, 2.45) is 4.99 Å². The van der Waals surface area contributed by atoms with E-state index >= 15 is 0 Å². The number of hydrogen-bond acceptors (Lipinski definition) is 6. The third-order valence-electron chi connectivity index (χ3n) is 8.12. The molecule has 0 saturated carbocycles. The van der Waals surface area contributed by atoms with E-state index < -0.39 is 6.04 Å². The minimum atomic E-state index is -0.704. The van der Waals surface area contributed by atoms with E-state index in [1.807, 2.05) is 116 Å². The Morgan fingerprint density at radius 2 is 1.63 bits per heavy atom. The highest BCUT2D eigenvalue weighted by Gasteiger charge is 2.32. The number of benzene rings is 4. The third kappa shape index (κ3) is 5.10. The fraction of sp³-hybridized carbons (Fsp3) is 0.108. The molecule has 228 valence electrons. The summed E-state index contributed by atoms with van der Waals surface area (Å²) < 4.78 is 13.2. The molecule has 0 bridgehead atoms. The summed E-state index contributed by atoms with van der Waals surface area (Å²) in [5, 5.41) is 3.92. The van der Waals surface area contributed by atoms with Gasteiger partial charge in [0.05, 0.1) is 47.3 Å². The van der Waals surface area contributed by atoms with Crippen molar-refractivity contribution in [1.82, 2.24) is 9.55 Å². The van der Waals surface area contributed by atoms with E-state index in [-0.39, 0.29) is 11.5 Å². The number of nitrogens with one attached hydrogen (secondary N) is 2. The Morgan fingerprint density at radius 1 is 0.913 bits per heavy atom. The molecule has 3 heterocycles. The number of hydrogen-bond donors (Lipinski definition) is 2. The van der Waals surface area contributed by atoms with Gasteiger partial charge in [-0.15, -0.1) is 0 Å². The Balaban J connectivity index is 1.44. The SMILES string of the molecule is COc1ccc([C@@H]2C(C(=O)Nc3ccccc3)=C(C)N=c3s/c(=C/c4c(-c5ccccc5)[nH]c5c(OC)cccc45)c(=O)n32)cc1. The lowest BCUT2D eigenvalue weighted by Crippen LogP contribution is -2.40. The van der Waals surface area contributed by atoms with Gasteiger partial charge < -0.3 is 19.8 Å². The van der Waals surface area contributed by atoms with Crippen LogP contribution in [0.1, 0.15) is 24.1 Å². The van der Waals surface area contributed by atoms with Gasteiger partial charge in [-0.05, 0) is 54.5 Å². The fourth-order valence-corrected chi connectivity index (χ4v) is 6.96. The van der Waals surface area contributed by atoms with E-state index in [4.69, 9.17) is 14.5 Å². The number of amides is 1. The molecule has 46 heavy (non-hydrogen) atoms. The van der Waals surface area contributed by atoms with Crippen molar-refractivity contribution >= 4 is 39.9 Å². The number of allylic oxidation sites excluding steroid dienone is 1. The molecule has 6 aromatic rings. The first-order valence-corrected chi connectivity index (χ1v) is 15.6. The van der Waals surface area contributed by atoms with Crippen molar-refractivity contribution in [2.45, 2.75) is 13.0 Å². The Hall–Kier alpha value is -5.67. The molecule has 0 aliphatic carbocycles. The van der Waals surface area contributed by atoms with Gasteiger partial charge in [0.25, 0.3) is 11.5 Å². The molecule has 0 saturated heterocycles. The van der Waals surface area contributed by atoms with E-state index in [9.17, 15) is 9.59 Å². The smallest absolute Gasteiger partial charge is 0.271 e. The summed E-state index contributed by atoms with van der Waals surface area (Å²) in [5.41, 5.74) is 5.68. The number of carbonyl (C=O) groups excluding carboxylic acids is 1. The van der Waals surface area contributed by atoms with E-state index in [0.29, 0.717) is 37.8 Å². The minimum absolute atomic E-state index is 0.238. The number of nitrogens with zero attached hydrogens (tertiary/aromatic N) is 2. The summed E-state index contributed by atoms with van der Waals surface area (Å²) in [6.07, 6.45) is 1.92. The summed E-state index contributed by atoms with van der Waals surface area (Å²) in [7, 11) is 3.24. The van der Waals surface area contributed by atoms with Gasteiger partial charge in [0.1, 0.15) is 11.5 Å². The first-order valence-electron chi connectivity index (χ1n) is 14.7. The largest absolute Gasteiger partial charge is 0.497 e. The monoisotopic (exact) mass is 626 g/mol. The van der Waals surface area contributed by atoms with Crippen LogP contribution in [0, 0.1) is 0 Å². The average molecular weight is 627 g/mol. The molecular formula is C37H30N4O4S. The van der Waals surface area contributed by atoms with Crippen LogP contribution in [0.5, 0.6) is 11.5 Å². The van der Waals surface area contributed by atoms with Crippen LogP contribution < -0.4 is 29.7 Å². The summed E-state index contributed by atoms with van der Waals surface area (Å²) in [6, 6.07) is 31.8. The van der Waals surface area contributed by atoms with Crippen LogP contribution in [0.25, 0.3) is 28.2 Å². The van der Waals surface area contributed by atoms with Gasteiger partial charge in [0.2, 0.25) is 0 Å². The summed E-state index contributed by atoms with van der Waals surface area (Å²) in [6.45, 7) is 1.81. The lowest BCUT2D eigenvalue weighted by molar-refractivity contribution is -0.113. The molecule has 8 nitrogen and oxygen atoms in total. The van der Waals surface area contributed by atoms with Gasteiger partial charge in [-0.2, -0.15) is 0 Å². The number of anilines is 1. The van der Waals surface area contributed by atoms with Crippen LogP contribution >= 0.6 is 11.3 Å². The zero-order valence-electron chi connectivity index (χ0n) is 25.4. The number of H-pyrrole nitrogens is 1. The fourth-order valence-electron chi connectivity index (χ4n) is 5.93. The van der Waals surface area contributed by atoms with Crippen molar-refractivity contribution in [3.63, 3.8) is 0 Å². The van der Waals surface area contributed by atoms with Crippen molar-refractivity contribution in [3.8, 4) is 22.8 Å². The van der Waals surface area contributed by atoms with Gasteiger partial charge in [-0.25, -0.2) is 4.99 Å². The topological polar surface area (TPSA) is 97.7 Å². The van der Waals surface area contributed by atoms with Crippen LogP contribution in [0.2, 0.25) is 0 Å². The van der Waals surface area contributed by atoms with Gasteiger partial charge >= 0.3 is 0 Å².